The molecule has 1 heterocycles. The van der Waals surface area contributed by atoms with E-state index >= 15 is 0 Å². The van der Waals surface area contributed by atoms with Gasteiger partial charge in [0, 0.05) is 13.1 Å². The molecule has 1 rings (SSSR count). The highest BCUT2D eigenvalue weighted by atomic mass is 16.2. The first-order valence-electron chi connectivity index (χ1n) is 4.31. The average Bonchev–Trinajstić information content (AvgIpc) is 2.32. The van der Waals surface area contributed by atoms with Crippen LogP contribution in [-0.2, 0) is 4.79 Å². The van der Waals surface area contributed by atoms with Crippen LogP contribution in [-0.4, -0.2) is 23.9 Å². The third-order valence-electron chi connectivity index (χ3n) is 2.02. The molecular formula is C9H13N2O. The van der Waals surface area contributed by atoms with Crippen LogP contribution in [0.2, 0.25) is 0 Å². The van der Waals surface area contributed by atoms with E-state index in [4.69, 9.17) is 5.26 Å². The number of carbonyl (C=O) groups excluding carboxylic acids is 1. The molecule has 0 aliphatic carbocycles. The molecule has 0 aromatic carbocycles. The van der Waals surface area contributed by atoms with E-state index in [-0.39, 0.29) is 12.3 Å². The van der Waals surface area contributed by atoms with E-state index in [0.29, 0.717) is 0 Å². The third-order valence-corrected chi connectivity index (χ3v) is 2.02. The molecule has 3 nitrogen and oxygen atoms in total. The fraction of sp³-hybridized carbons (Fsp3) is 0.667. The molecule has 65 valence electrons. The maximum absolute atomic E-state index is 11.2. The maximum atomic E-state index is 11.2. The lowest BCUT2D eigenvalue weighted by molar-refractivity contribution is -0.129. The van der Waals surface area contributed by atoms with E-state index in [2.05, 4.69) is 6.42 Å². The van der Waals surface area contributed by atoms with Gasteiger partial charge in [0.15, 0.2) is 0 Å². The van der Waals surface area contributed by atoms with Crippen LogP contribution in [0, 0.1) is 17.8 Å². The molecule has 0 N–H and O–H groups in total. The SMILES string of the molecule is N#CCC(=O)N1C[CH]CCCC1. The van der Waals surface area contributed by atoms with Crippen molar-refractivity contribution in [1.29, 1.82) is 5.26 Å². The molecule has 1 radical (unpaired) electrons. The number of nitriles is 1. The second kappa shape index (κ2) is 4.76. The van der Waals surface area contributed by atoms with Crippen molar-refractivity contribution in [3.8, 4) is 6.07 Å². The van der Waals surface area contributed by atoms with E-state index in [1.54, 1.807) is 4.90 Å². The summed E-state index contributed by atoms with van der Waals surface area (Å²) >= 11 is 0. The standard InChI is InChI=1S/C9H13N2O/c10-6-5-9(12)11-7-3-1-2-4-8-11/h3H,1-2,4-5,7-8H2. The first kappa shape index (κ1) is 9.05. The van der Waals surface area contributed by atoms with Gasteiger partial charge in [-0.15, -0.1) is 0 Å². The molecule has 0 aromatic rings. The summed E-state index contributed by atoms with van der Waals surface area (Å²) in [4.78, 5) is 13.0. The summed E-state index contributed by atoms with van der Waals surface area (Å²) in [6, 6.07) is 1.88. The summed E-state index contributed by atoms with van der Waals surface area (Å²) in [7, 11) is 0. The fourth-order valence-corrected chi connectivity index (χ4v) is 1.34. The molecule has 0 aromatic heterocycles. The number of hydrogen-bond donors (Lipinski definition) is 0. The van der Waals surface area contributed by atoms with Crippen molar-refractivity contribution in [1.82, 2.24) is 4.90 Å². The minimum Gasteiger partial charge on any atom is -0.342 e. The second-order valence-corrected chi connectivity index (χ2v) is 2.96. The first-order chi connectivity index (χ1) is 5.84. The Bertz CT molecular complexity index is 187. The van der Waals surface area contributed by atoms with Gasteiger partial charge >= 0.3 is 0 Å². The van der Waals surface area contributed by atoms with Gasteiger partial charge in [-0.3, -0.25) is 4.79 Å². The summed E-state index contributed by atoms with van der Waals surface area (Å²) in [5, 5.41) is 8.33. The number of hydrogen-bond acceptors (Lipinski definition) is 2. The van der Waals surface area contributed by atoms with Crippen molar-refractivity contribution in [2.45, 2.75) is 25.7 Å². The van der Waals surface area contributed by atoms with E-state index in [1.165, 1.54) is 0 Å². The predicted molar refractivity (Wildman–Crippen MR) is 45.0 cm³/mol. The second-order valence-electron chi connectivity index (χ2n) is 2.96. The van der Waals surface area contributed by atoms with Crippen LogP contribution < -0.4 is 0 Å². The molecular weight excluding hydrogens is 152 g/mol. The molecule has 0 bridgehead atoms. The van der Waals surface area contributed by atoms with Gasteiger partial charge in [-0.05, 0) is 19.3 Å². The van der Waals surface area contributed by atoms with Crippen LogP contribution in [0.5, 0.6) is 0 Å². The summed E-state index contributed by atoms with van der Waals surface area (Å²) < 4.78 is 0. The number of nitrogens with zero attached hydrogens (tertiary/aromatic N) is 2. The Hall–Kier alpha value is -1.04. The Morgan fingerprint density at radius 1 is 1.58 bits per heavy atom. The highest BCUT2D eigenvalue weighted by Crippen LogP contribution is 2.09. The zero-order chi connectivity index (χ0) is 8.81. The fourth-order valence-electron chi connectivity index (χ4n) is 1.34. The van der Waals surface area contributed by atoms with Gasteiger partial charge in [0.2, 0.25) is 5.91 Å². The van der Waals surface area contributed by atoms with Crippen molar-refractivity contribution in [3.05, 3.63) is 6.42 Å². The van der Waals surface area contributed by atoms with Gasteiger partial charge in [0.1, 0.15) is 6.42 Å². The summed E-state index contributed by atoms with van der Waals surface area (Å²) in [5.74, 6) is -0.0318. The highest BCUT2D eigenvalue weighted by molar-refractivity contribution is 5.78. The van der Waals surface area contributed by atoms with Gasteiger partial charge in [-0.1, -0.05) is 6.42 Å². The summed E-state index contributed by atoms with van der Waals surface area (Å²) in [6.45, 7) is 1.54. The van der Waals surface area contributed by atoms with Crippen molar-refractivity contribution in [3.63, 3.8) is 0 Å². The molecule has 1 aliphatic heterocycles. The minimum absolute atomic E-state index is 0.0217. The summed E-state index contributed by atoms with van der Waals surface area (Å²) in [6.07, 6.45) is 5.45. The van der Waals surface area contributed by atoms with E-state index in [0.717, 1.165) is 32.4 Å². The van der Waals surface area contributed by atoms with Gasteiger partial charge < -0.3 is 4.90 Å². The van der Waals surface area contributed by atoms with Gasteiger partial charge in [-0.25, -0.2) is 0 Å². The van der Waals surface area contributed by atoms with E-state index in [9.17, 15) is 4.79 Å². The largest absolute Gasteiger partial charge is 0.342 e. The van der Waals surface area contributed by atoms with Crippen molar-refractivity contribution < 1.29 is 4.79 Å². The van der Waals surface area contributed by atoms with Crippen LogP contribution in [0.25, 0.3) is 0 Å². The predicted octanol–water partition coefficient (Wildman–Crippen LogP) is 1.12. The number of amides is 1. The quantitative estimate of drug-likeness (QED) is 0.584. The third kappa shape index (κ3) is 2.54. The van der Waals surface area contributed by atoms with Gasteiger partial charge in [-0.2, -0.15) is 5.26 Å². The molecule has 0 unspecified atom stereocenters. The number of carbonyl (C=O) groups is 1. The van der Waals surface area contributed by atoms with Gasteiger partial charge in [0.05, 0.1) is 6.07 Å². The number of likely N-dealkylation sites (tertiary alicyclic amines) is 1. The molecule has 1 fully saturated rings. The van der Waals surface area contributed by atoms with Crippen LogP contribution >= 0.6 is 0 Å². The first-order valence-corrected chi connectivity index (χ1v) is 4.31. The molecule has 1 amide bonds. The Labute approximate surface area is 73.0 Å². The molecule has 0 saturated carbocycles. The van der Waals surface area contributed by atoms with E-state index < -0.39 is 0 Å². The zero-order valence-corrected chi connectivity index (χ0v) is 7.12. The molecule has 3 heteroatoms. The van der Waals surface area contributed by atoms with Crippen LogP contribution in [0.1, 0.15) is 25.7 Å². The lowest BCUT2D eigenvalue weighted by Crippen LogP contribution is -2.31. The molecule has 12 heavy (non-hydrogen) atoms. The number of rotatable bonds is 1. The smallest absolute Gasteiger partial charge is 0.236 e. The molecule has 1 aliphatic rings. The lowest BCUT2D eigenvalue weighted by Gasteiger charge is -2.18. The van der Waals surface area contributed by atoms with Crippen LogP contribution in [0.4, 0.5) is 0 Å². The average molecular weight is 165 g/mol. The molecule has 0 spiro atoms. The minimum atomic E-state index is -0.0318. The summed E-state index contributed by atoms with van der Waals surface area (Å²) in [5.41, 5.74) is 0. The van der Waals surface area contributed by atoms with E-state index in [1.807, 2.05) is 6.07 Å². The van der Waals surface area contributed by atoms with Crippen LogP contribution in [0.3, 0.4) is 0 Å². The van der Waals surface area contributed by atoms with Crippen molar-refractivity contribution in [2.75, 3.05) is 13.1 Å². The lowest BCUT2D eigenvalue weighted by atomic mass is 10.2. The van der Waals surface area contributed by atoms with Crippen molar-refractivity contribution in [2.24, 2.45) is 0 Å². The Morgan fingerprint density at radius 2 is 2.42 bits per heavy atom. The van der Waals surface area contributed by atoms with Crippen molar-refractivity contribution >= 4 is 5.91 Å². The monoisotopic (exact) mass is 165 g/mol. The Morgan fingerprint density at radius 3 is 3.17 bits per heavy atom. The van der Waals surface area contributed by atoms with Gasteiger partial charge in [0.25, 0.3) is 0 Å². The Balaban J connectivity index is 2.38. The Kier molecular flexibility index (Phi) is 3.59. The highest BCUT2D eigenvalue weighted by Gasteiger charge is 2.14. The molecule has 1 saturated heterocycles. The zero-order valence-electron chi connectivity index (χ0n) is 7.12. The van der Waals surface area contributed by atoms with Crippen LogP contribution in [0.15, 0.2) is 0 Å². The topological polar surface area (TPSA) is 44.1 Å². The molecule has 0 atom stereocenters. The maximum Gasteiger partial charge on any atom is 0.236 e. The normalized spacial score (nSPS) is 18.1.